The Bertz CT molecular complexity index is 1180. The number of amides is 1. The van der Waals surface area contributed by atoms with Crippen molar-refractivity contribution in [3.8, 4) is 16.9 Å². The van der Waals surface area contributed by atoms with Gasteiger partial charge < -0.3 is 20.5 Å². The van der Waals surface area contributed by atoms with Crippen LogP contribution in [-0.2, 0) is 7.05 Å². The minimum atomic E-state index is -0.222. The van der Waals surface area contributed by atoms with Crippen LogP contribution in [0.2, 0.25) is 0 Å². The lowest BCUT2D eigenvalue weighted by Gasteiger charge is -2.21. The first-order chi connectivity index (χ1) is 18.3. The Kier molecular flexibility index (Phi) is 11.2. The summed E-state index contributed by atoms with van der Waals surface area (Å²) in [6.45, 7) is 12.0. The van der Waals surface area contributed by atoms with E-state index in [1.165, 1.54) is 0 Å². The van der Waals surface area contributed by atoms with Crippen molar-refractivity contribution >= 4 is 11.6 Å². The average Bonchev–Trinajstić information content (AvgIpc) is 3.34. The highest BCUT2D eigenvalue weighted by Gasteiger charge is 2.16. The van der Waals surface area contributed by atoms with Gasteiger partial charge in [0.05, 0.1) is 25.5 Å². The van der Waals surface area contributed by atoms with E-state index in [-0.39, 0.29) is 18.6 Å². The molecular weight excluding hydrogens is 478 g/mol. The van der Waals surface area contributed by atoms with Gasteiger partial charge in [0.15, 0.2) is 0 Å². The smallest absolute Gasteiger partial charge is 0.252 e. The third-order valence-corrected chi connectivity index (χ3v) is 6.61. The fourth-order valence-corrected chi connectivity index (χ4v) is 4.41. The first kappa shape index (κ1) is 29.2. The standard InChI is InChI=1S/C30H43N5O3/c1-6-8-12-35(14-15-36)13-11-31-27-10-9-22(3)29(19-27)30(37)33-23(4)24-16-25(18-28(17-24)38-7-2)26-20-32-34(5)21-26/h9-10,16-21,23,31,36H,6-8,11-15H2,1-5H3,(H,33,37). The van der Waals surface area contributed by atoms with Gasteiger partial charge in [0.2, 0.25) is 0 Å². The zero-order valence-corrected chi connectivity index (χ0v) is 23.5. The normalized spacial score (nSPS) is 12.0. The molecule has 0 bridgehead atoms. The maximum atomic E-state index is 13.3. The molecule has 38 heavy (non-hydrogen) atoms. The van der Waals surface area contributed by atoms with Crippen LogP contribution >= 0.6 is 0 Å². The maximum absolute atomic E-state index is 13.3. The van der Waals surface area contributed by atoms with Crippen molar-refractivity contribution in [3.05, 3.63) is 65.5 Å². The highest BCUT2D eigenvalue weighted by atomic mass is 16.5. The van der Waals surface area contributed by atoms with E-state index in [0.29, 0.717) is 18.7 Å². The Balaban J connectivity index is 1.70. The zero-order valence-electron chi connectivity index (χ0n) is 23.5. The molecular formula is C30H43N5O3. The first-order valence-corrected chi connectivity index (χ1v) is 13.6. The van der Waals surface area contributed by atoms with Crippen LogP contribution in [0.25, 0.3) is 11.1 Å². The number of aliphatic hydroxyl groups is 1. The fraction of sp³-hybridized carbons (Fsp3) is 0.467. The van der Waals surface area contributed by atoms with E-state index >= 15 is 0 Å². The van der Waals surface area contributed by atoms with Gasteiger partial charge in [-0.3, -0.25) is 14.4 Å². The number of hydrogen-bond acceptors (Lipinski definition) is 6. The summed E-state index contributed by atoms with van der Waals surface area (Å²) < 4.78 is 7.59. The number of aromatic nitrogens is 2. The molecule has 0 spiro atoms. The van der Waals surface area contributed by atoms with Gasteiger partial charge in [0, 0.05) is 49.7 Å². The van der Waals surface area contributed by atoms with Gasteiger partial charge in [-0.05, 0) is 80.8 Å². The molecule has 0 saturated carbocycles. The second-order valence-electron chi connectivity index (χ2n) is 9.70. The van der Waals surface area contributed by atoms with Crippen LogP contribution < -0.4 is 15.4 Å². The Morgan fingerprint density at radius 2 is 1.95 bits per heavy atom. The number of aryl methyl sites for hydroxylation is 2. The molecule has 2 aromatic carbocycles. The lowest BCUT2D eigenvalue weighted by Crippen LogP contribution is -2.32. The summed E-state index contributed by atoms with van der Waals surface area (Å²) in [5, 5.41) is 20.2. The van der Waals surface area contributed by atoms with Crippen LogP contribution in [0, 0.1) is 6.92 Å². The van der Waals surface area contributed by atoms with Crippen LogP contribution in [0.4, 0.5) is 5.69 Å². The van der Waals surface area contributed by atoms with Gasteiger partial charge >= 0.3 is 0 Å². The monoisotopic (exact) mass is 521 g/mol. The predicted octanol–water partition coefficient (Wildman–Crippen LogP) is 4.79. The predicted molar refractivity (Wildman–Crippen MR) is 154 cm³/mol. The number of aliphatic hydroxyl groups excluding tert-OH is 1. The summed E-state index contributed by atoms with van der Waals surface area (Å²) in [6.07, 6.45) is 6.04. The molecule has 0 aliphatic rings. The number of carbonyl (C=O) groups is 1. The lowest BCUT2D eigenvalue weighted by atomic mass is 10.0. The second kappa shape index (κ2) is 14.5. The molecule has 0 aliphatic carbocycles. The molecule has 206 valence electrons. The van der Waals surface area contributed by atoms with Crippen molar-refractivity contribution in [1.82, 2.24) is 20.0 Å². The number of unbranched alkanes of at least 4 members (excludes halogenated alkanes) is 1. The molecule has 0 saturated heterocycles. The Morgan fingerprint density at radius 1 is 1.13 bits per heavy atom. The van der Waals surface area contributed by atoms with E-state index in [9.17, 15) is 9.90 Å². The summed E-state index contributed by atoms with van der Waals surface area (Å²) in [5.74, 6) is 0.648. The van der Waals surface area contributed by atoms with Gasteiger partial charge in [-0.1, -0.05) is 19.4 Å². The van der Waals surface area contributed by atoms with Crippen molar-refractivity contribution in [1.29, 1.82) is 0 Å². The van der Waals surface area contributed by atoms with Crippen molar-refractivity contribution in [2.45, 2.75) is 46.6 Å². The Hall–Kier alpha value is -3.36. The first-order valence-electron chi connectivity index (χ1n) is 13.6. The Morgan fingerprint density at radius 3 is 2.63 bits per heavy atom. The van der Waals surface area contributed by atoms with Crippen LogP contribution in [0.15, 0.2) is 48.8 Å². The second-order valence-corrected chi connectivity index (χ2v) is 9.70. The van der Waals surface area contributed by atoms with Crippen molar-refractivity contribution in [3.63, 3.8) is 0 Å². The van der Waals surface area contributed by atoms with Gasteiger partial charge in [0.1, 0.15) is 5.75 Å². The number of carbonyl (C=O) groups excluding carboxylic acids is 1. The summed E-state index contributed by atoms with van der Waals surface area (Å²) >= 11 is 0. The van der Waals surface area contributed by atoms with Crippen molar-refractivity contribution in [2.75, 3.05) is 44.7 Å². The van der Waals surface area contributed by atoms with E-state index in [4.69, 9.17) is 4.74 Å². The van der Waals surface area contributed by atoms with Crippen LogP contribution in [0.1, 0.15) is 61.1 Å². The summed E-state index contributed by atoms with van der Waals surface area (Å²) in [7, 11) is 1.89. The van der Waals surface area contributed by atoms with Crippen LogP contribution in [-0.4, -0.2) is 65.1 Å². The molecule has 0 fully saturated rings. The van der Waals surface area contributed by atoms with Crippen molar-refractivity contribution < 1.29 is 14.6 Å². The Labute approximate surface area is 227 Å². The van der Waals surface area contributed by atoms with E-state index in [1.807, 2.05) is 70.5 Å². The quantitative estimate of drug-likeness (QED) is 0.266. The SMILES string of the molecule is CCCCN(CCO)CCNc1ccc(C)c(C(=O)NC(C)c2cc(OCC)cc(-c3cnn(C)c3)c2)c1. The van der Waals surface area contributed by atoms with Gasteiger partial charge in [0.25, 0.3) is 5.91 Å². The highest BCUT2D eigenvalue weighted by Crippen LogP contribution is 2.29. The van der Waals surface area contributed by atoms with E-state index < -0.39 is 0 Å². The minimum Gasteiger partial charge on any atom is -0.494 e. The lowest BCUT2D eigenvalue weighted by molar-refractivity contribution is 0.0939. The number of ether oxygens (including phenoxy) is 1. The summed E-state index contributed by atoms with van der Waals surface area (Å²) in [6, 6.07) is 11.7. The van der Waals surface area contributed by atoms with Gasteiger partial charge in [-0.2, -0.15) is 5.10 Å². The van der Waals surface area contributed by atoms with E-state index in [1.54, 1.807) is 4.68 Å². The maximum Gasteiger partial charge on any atom is 0.252 e. The molecule has 1 amide bonds. The number of benzene rings is 2. The van der Waals surface area contributed by atoms with Gasteiger partial charge in [-0.25, -0.2) is 0 Å². The molecule has 8 heteroatoms. The molecule has 3 N–H and O–H groups in total. The molecule has 1 atom stereocenters. The van der Waals surface area contributed by atoms with Crippen LogP contribution in [0.3, 0.4) is 0 Å². The molecule has 1 unspecified atom stereocenters. The van der Waals surface area contributed by atoms with E-state index in [0.717, 1.165) is 66.2 Å². The number of hydrogen-bond donors (Lipinski definition) is 3. The minimum absolute atomic E-state index is 0.117. The number of anilines is 1. The van der Waals surface area contributed by atoms with E-state index in [2.05, 4.69) is 33.6 Å². The molecule has 1 aromatic heterocycles. The number of nitrogens with zero attached hydrogens (tertiary/aromatic N) is 3. The van der Waals surface area contributed by atoms with Gasteiger partial charge in [-0.15, -0.1) is 0 Å². The molecule has 3 rings (SSSR count). The highest BCUT2D eigenvalue weighted by molar-refractivity contribution is 5.96. The largest absolute Gasteiger partial charge is 0.494 e. The molecule has 1 heterocycles. The van der Waals surface area contributed by atoms with Crippen molar-refractivity contribution in [2.24, 2.45) is 7.05 Å². The third-order valence-electron chi connectivity index (χ3n) is 6.61. The molecule has 8 nitrogen and oxygen atoms in total. The topological polar surface area (TPSA) is 91.7 Å². The number of nitrogens with one attached hydrogen (secondary N) is 2. The summed E-state index contributed by atoms with van der Waals surface area (Å²) in [5.41, 5.74) is 5.43. The molecule has 3 aromatic rings. The molecule has 0 aliphatic heterocycles. The average molecular weight is 522 g/mol. The van der Waals surface area contributed by atoms with Crippen LogP contribution in [0.5, 0.6) is 5.75 Å². The number of rotatable bonds is 15. The zero-order chi connectivity index (χ0) is 27.5. The summed E-state index contributed by atoms with van der Waals surface area (Å²) in [4.78, 5) is 15.6. The third kappa shape index (κ3) is 8.33. The fourth-order valence-electron chi connectivity index (χ4n) is 4.41. The molecule has 0 radical (unpaired) electrons.